The summed E-state index contributed by atoms with van der Waals surface area (Å²) in [5, 5.41) is 1.59. The van der Waals surface area contributed by atoms with Crippen LogP contribution < -0.4 is 5.43 Å². The molecule has 0 heterocycles. The highest BCUT2D eigenvalue weighted by atomic mass is 16.2. The van der Waals surface area contributed by atoms with Crippen LogP contribution in [0.4, 0.5) is 0 Å². The zero-order valence-corrected chi connectivity index (χ0v) is 6.55. The molecule has 3 heteroatoms. The summed E-state index contributed by atoms with van der Waals surface area (Å²) in [6, 6.07) is 0.570. The summed E-state index contributed by atoms with van der Waals surface area (Å²) in [6.45, 7) is 1.87. The van der Waals surface area contributed by atoms with Crippen molar-refractivity contribution in [2.24, 2.45) is 0 Å². The van der Waals surface area contributed by atoms with Crippen molar-refractivity contribution in [3.05, 3.63) is 0 Å². The van der Waals surface area contributed by atoms with Gasteiger partial charge in [0.15, 0.2) is 0 Å². The first-order valence-corrected chi connectivity index (χ1v) is 3.76. The second-order valence-electron chi connectivity index (χ2n) is 2.71. The standard InChI is InChI=1S/C7H14N2O/c1-3-7(10)9(2)8-6-4-5-6/h6,8H,3-5H2,1-2H3. The largest absolute Gasteiger partial charge is 0.281 e. The average Bonchev–Trinajstić information content (AvgIpc) is 2.70. The van der Waals surface area contributed by atoms with Crippen LogP contribution in [0.3, 0.4) is 0 Å². The van der Waals surface area contributed by atoms with Gasteiger partial charge in [0.25, 0.3) is 0 Å². The minimum absolute atomic E-state index is 0.159. The fourth-order valence-corrected chi connectivity index (χ4v) is 0.795. The predicted octanol–water partition coefficient (Wildman–Crippen LogP) is 0.522. The van der Waals surface area contributed by atoms with Crippen LogP contribution in [0, 0.1) is 0 Å². The number of hydrazine groups is 1. The molecule has 1 amide bonds. The highest BCUT2D eigenvalue weighted by Crippen LogP contribution is 2.18. The molecule has 0 saturated heterocycles. The van der Waals surface area contributed by atoms with E-state index in [0.29, 0.717) is 12.5 Å². The summed E-state index contributed by atoms with van der Waals surface area (Å²) < 4.78 is 0. The van der Waals surface area contributed by atoms with Gasteiger partial charge < -0.3 is 0 Å². The van der Waals surface area contributed by atoms with Gasteiger partial charge in [-0.25, -0.2) is 5.43 Å². The average molecular weight is 142 g/mol. The molecule has 1 rings (SSSR count). The molecule has 10 heavy (non-hydrogen) atoms. The third kappa shape index (κ3) is 1.99. The number of nitrogens with one attached hydrogen (secondary N) is 1. The molecule has 58 valence electrons. The van der Waals surface area contributed by atoms with Crippen molar-refractivity contribution < 1.29 is 4.79 Å². The quantitative estimate of drug-likeness (QED) is 0.583. The van der Waals surface area contributed by atoms with E-state index in [2.05, 4.69) is 5.43 Å². The van der Waals surface area contributed by atoms with Gasteiger partial charge in [-0.05, 0) is 12.8 Å². The van der Waals surface area contributed by atoms with Crippen molar-refractivity contribution in [2.75, 3.05) is 7.05 Å². The van der Waals surface area contributed by atoms with Gasteiger partial charge in [-0.2, -0.15) is 0 Å². The van der Waals surface area contributed by atoms with Crippen LogP contribution in [0.1, 0.15) is 26.2 Å². The van der Waals surface area contributed by atoms with E-state index in [9.17, 15) is 4.79 Å². The summed E-state index contributed by atoms with van der Waals surface area (Å²) in [5.41, 5.74) is 3.09. The normalized spacial score (nSPS) is 17.0. The van der Waals surface area contributed by atoms with Crippen LogP contribution in [0.25, 0.3) is 0 Å². The van der Waals surface area contributed by atoms with Gasteiger partial charge in [0.05, 0.1) is 0 Å². The number of carbonyl (C=O) groups is 1. The number of nitrogens with zero attached hydrogens (tertiary/aromatic N) is 1. The Labute approximate surface area is 61.4 Å². The predicted molar refractivity (Wildman–Crippen MR) is 39.2 cm³/mol. The SMILES string of the molecule is CCC(=O)N(C)NC1CC1. The summed E-state index contributed by atoms with van der Waals surface area (Å²) in [4.78, 5) is 10.9. The van der Waals surface area contributed by atoms with Crippen molar-refractivity contribution in [3.63, 3.8) is 0 Å². The topological polar surface area (TPSA) is 32.3 Å². The molecule has 1 fully saturated rings. The van der Waals surface area contributed by atoms with Crippen LogP contribution in [0.5, 0.6) is 0 Å². The number of amides is 1. The molecule has 0 aromatic carbocycles. The highest BCUT2D eigenvalue weighted by Gasteiger charge is 2.23. The van der Waals surface area contributed by atoms with Crippen molar-refractivity contribution in [1.82, 2.24) is 10.4 Å². The second-order valence-corrected chi connectivity index (χ2v) is 2.71. The highest BCUT2D eigenvalue weighted by molar-refractivity contribution is 5.74. The Balaban J connectivity index is 2.18. The fraction of sp³-hybridized carbons (Fsp3) is 0.857. The van der Waals surface area contributed by atoms with E-state index in [1.165, 1.54) is 12.8 Å². The van der Waals surface area contributed by atoms with Crippen LogP contribution in [0.2, 0.25) is 0 Å². The van der Waals surface area contributed by atoms with Crippen LogP contribution >= 0.6 is 0 Å². The molecule has 0 atom stereocenters. The first-order chi connectivity index (χ1) is 4.74. The van der Waals surface area contributed by atoms with Gasteiger partial charge in [-0.1, -0.05) is 6.92 Å². The minimum atomic E-state index is 0.159. The summed E-state index contributed by atoms with van der Waals surface area (Å²) in [6.07, 6.45) is 3.00. The Hall–Kier alpha value is -0.570. The fourth-order valence-electron chi connectivity index (χ4n) is 0.795. The maximum Gasteiger partial charge on any atom is 0.236 e. The van der Waals surface area contributed by atoms with Crippen molar-refractivity contribution in [3.8, 4) is 0 Å². The van der Waals surface area contributed by atoms with Crippen LogP contribution in [-0.4, -0.2) is 24.0 Å². The molecular weight excluding hydrogens is 128 g/mol. The molecule has 0 radical (unpaired) electrons. The molecule has 0 unspecified atom stereocenters. The lowest BCUT2D eigenvalue weighted by molar-refractivity contribution is -0.132. The molecular formula is C7H14N2O. The summed E-state index contributed by atoms with van der Waals surface area (Å²) in [7, 11) is 1.78. The second kappa shape index (κ2) is 3.01. The van der Waals surface area contributed by atoms with E-state index in [0.717, 1.165) is 0 Å². The lowest BCUT2D eigenvalue weighted by atomic mass is 10.4. The lowest BCUT2D eigenvalue weighted by Crippen LogP contribution is -2.40. The molecule has 1 saturated carbocycles. The van der Waals surface area contributed by atoms with E-state index in [4.69, 9.17) is 0 Å². The van der Waals surface area contributed by atoms with Crippen LogP contribution in [0.15, 0.2) is 0 Å². The maximum absolute atomic E-state index is 10.9. The number of hydrogen-bond acceptors (Lipinski definition) is 2. The van der Waals surface area contributed by atoms with Gasteiger partial charge in [0, 0.05) is 19.5 Å². The van der Waals surface area contributed by atoms with E-state index in [1.807, 2.05) is 6.92 Å². The number of rotatable bonds is 3. The van der Waals surface area contributed by atoms with Crippen molar-refractivity contribution in [1.29, 1.82) is 0 Å². The molecule has 0 aliphatic heterocycles. The third-order valence-electron chi connectivity index (χ3n) is 1.63. The Kier molecular flexibility index (Phi) is 2.27. The number of carbonyl (C=O) groups excluding carboxylic acids is 1. The molecule has 0 spiro atoms. The zero-order chi connectivity index (χ0) is 7.56. The molecule has 1 aliphatic carbocycles. The Morgan fingerprint density at radius 3 is 2.70 bits per heavy atom. The summed E-state index contributed by atoms with van der Waals surface area (Å²) >= 11 is 0. The lowest BCUT2D eigenvalue weighted by Gasteiger charge is -2.16. The number of hydrogen-bond donors (Lipinski definition) is 1. The van der Waals surface area contributed by atoms with Gasteiger partial charge in [0.1, 0.15) is 0 Å². The van der Waals surface area contributed by atoms with E-state index in [1.54, 1.807) is 12.1 Å². The first kappa shape index (κ1) is 7.54. The van der Waals surface area contributed by atoms with Gasteiger partial charge in [0.2, 0.25) is 5.91 Å². The third-order valence-corrected chi connectivity index (χ3v) is 1.63. The van der Waals surface area contributed by atoms with E-state index >= 15 is 0 Å². The van der Waals surface area contributed by atoms with Gasteiger partial charge in [-0.15, -0.1) is 0 Å². The Bertz CT molecular complexity index is 132. The van der Waals surface area contributed by atoms with Crippen molar-refractivity contribution >= 4 is 5.91 Å². The molecule has 3 nitrogen and oxygen atoms in total. The van der Waals surface area contributed by atoms with Gasteiger partial charge in [-0.3, -0.25) is 9.80 Å². The Morgan fingerprint density at radius 2 is 2.30 bits per heavy atom. The molecule has 1 N–H and O–H groups in total. The zero-order valence-electron chi connectivity index (χ0n) is 6.55. The van der Waals surface area contributed by atoms with Crippen LogP contribution in [-0.2, 0) is 4.79 Å². The van der Waals surface area contributed by atoms with Crippen molar-refractivity contribution in [2.45, 2.75) is 32.2 Å². The molecule has 1 aliphatic rings. The first-order valence-electron chi connectivity index (χ1n) is 3.76. The van der Waals surface area contributed by atoms with E-state index < -0.39 is 0 Å². The smallest absolute Gasteiger partial charge is 0.236 e. The maximum atomic E-state index is 10.9. The Morgan fingerprint density at radius 1 is 1.70 bits per heavy atom. The minimum Gasteiger partial charge on any atom is -0.281 e. The monoisotopic (exact) mass is 142 g/mol. The molecule has 0 aromatic rings. The van der Waals surface area contributed by atoms with Gasteiger partial charge >= 0.3 is 0 Å². The van der Waals surface area contributed by atoms with E-state index in [-0.39, 0.29) is 5.91 Å². The molecule has 0 bridgehead atoms. The molecule has 0 aromatic heterocycles. The summed E-state index contributed by atoms with van der Waals surface area (Å²) in [5.74, 6) is 0.159.